The highest BCUT2D eigenvalue weighted by atomic mass is 19.1. The van der Waals surface area contributed by atoms with Crippen molar-refractivity contribution < 1.29 is 4.39 Å². The van der Waals surface area contributed by atoms with Crippen LogP contribution in [0.25, 0.3) is 0 Å². The van der Waals surface area contributed by atoms with Crippen LogP contribution in [0.5, 0.6) is 0 Å². The maximum absolute atomic E-state index is 14.1. The fourth-order valence-electron chi connectivity index (χ4n) is 3.64. The summed E-state index contributed by atoms with van der Waals surface area (Å²) in [6, 6.07) is 8.08. The lowest BCUT2D eigenvalue weighted by Crippen LogP contribution is -2.49. The quantitative estimate of drug-likeness (QED) is 0.815. The van der Waals surface area contributed by atoms with Gasteiger partial charge in [0.1, 0.15) is 5.82 Å². The molecule has 0 bridgehead atoms. The highest BCUT2D eigenvalue weighted by molar-refractivity contribution is 5.31. The smallest absolute Gasteiger partial charge is 0.127 e. The predicted molar refractivity (Wildman–Crippen MR) is 76.7 cm³/mol. The van der Waals surface area contributed by atoms with Gasteiger partial charge in [0.25, 0.3) is 0 Å². The summed E-state index contributed by atoms with van der Waals surface area (Å²) in [6.45, 7) is 3.20. The number of hydrogen-bond donors (Lipinski definition) is 1. The first kappa shape index (κ1) is 13.1. The molecule has 0 heterocycles. The van der Waals surface area contributed by atoms with Crippen LogP contribution >= 0.6 is 0 Å². The Morgan fingerprint density at radius 1 is 1.26 bits per heavy atom. The van der Waals surface area contributed by atoms with Gasteiger partial charge < -0.3 is 5.32 Å². The molecule has 0 radical (unpaired) electrons. The van der Waals surface area contributed by atoms with Crippen molar-refractivity contribution in [3.8, 4) is 0 Å². The highest BCUT2D eigenvalue weighted by Gasteiger charge is 2.46. The molecule has 104 valence electrons. The molecule has 0 amide bonds. The molecule has 1 N–H and O–H groups in total. The van der Waals surface area contributed by atoms with E-state index in [1.54, 1.807) is 12.1 Å². The number of halogens is 1. The molecule has 2 heteroatoms. The summed E-state index contributed by atoms with van der Waals surface area (Å²) in [5.74, 6) is 0.778. The normalized spacial score (nSPS) is 30.1. The Morgan fingerprint density at radius 3 is 2.63 bits per heavy atom. The van der Waals surface area contributed by atoms with E-state index in [1.807, 2.05) is 12.1 Å². The Hall–Kier alpha value is -0.890. The number of nitrogens with one attached hydrogen (secondary N) is 1. The zero-order chi connectivity index (χ0) is 13.3. The topological polar surface area (TPSA) is 12.0 Å². The van der Waals surface area contributed by atoms with E-state index in [-0.39, 0.29) is 11.2 Å². The van der Waals surface area contributed by atoms with Crippen molar-refractivity contribution in [3.05, 3.63) is 35.6 Å². The minimum Gasteiger partial charge on any atom is -0.313 e. The molecule has 2 saturated carbocycles. The summed E-state index contributed by atoms with van der Waals surface area (Å²) in [5.41, 5.74) is 1.00. The molecule has 0 atom stereocenters. The minimum atomic E-state index is -0.0185. The Kier molecular flexibility index (Phi) is 3.62. The highest BCUT2D eigenvalue weighted by Crippen LogP contribution is 2.50. The van der Waals surface area contributed by atoms with Gasteiger partial charge in [-0.25, -0.2) is 4.39 Å². The first-order valence-electron chi connectivity index (χ1n) is 7.72. The second-order valence-electron chi connectivity index (χ2n) is 6.48. The lowest BCUT2D eigenvalue weighted by atomic mass is 9.57. The van der Waals surface area contributed by atoms with E-state index in [9.17, 15) is 4.39 Å². The Morgan fingerprint density at radius 2 is 2.00 bits per heavy atom. The lowest BCUT2D eigenvalue weighted by Gasteiger charge is -2.49. The van der Waals surface area contributed by atoms with E-state index in [1.165, 1.54) is 25.7 Å². The van der Waals surface area contributed by atoms with Gasteiger partial charge >= 0.3 is 0 Å². The zero-order valence-corrected chi connectivity index (χ0v) is 11.8. The molecule has 0 saturated heterocycles. The summed E-state index contributed by atoms with van der Waals surface area (Å²) in [5, 5.41) is 3.62. The van der Waals surface area contributed by atoms with Crippen molar-refractivity contribution in [2.75, 3.05) is 6.54 Å². The van der Waals surface area contributed by atoms with Crippen molar-refractivity contribution in [3.63, 3.8) is 0 Å². The third-order valence-corrected chi connectivity index (χ3v) is 4.81. The van der Waals surface area contributed by atoms with Gasteiger partial charge in [-0.1, -0.05) is 38.0 Å². The molecular weight excluding hydrogens is 237 g/mol. The molecular formula is C17H24FN. The van der Waals surface area contributed by atoms with Gasteiger partial charge in [-0.15, -0.1) is 0 Å². The average Bonchev–Trinajstić information content (AvgIpc) is 3.17. The predicted octanol–water partition coefficient (Wildman–Crippen LogP) is 4.03. The maximum Gasteiger partial charge on any atom is 0.127 e. The van der Waals surface area contributed by atoms with Gasteiger partial charge in [-0.3, -0.25) is 0 Å². The fraction of sp³-hybridized carbons (Fsp3) is 0.647. The van der Waals surface area contributed by atoms with Crippen molar-refractivity contribution in [1.82, 2.24) is 5.32 Å². The molecule has 1 aromatic rings. The maximum atomic E-state index is 14.1. The molecule has 0 aromatic heterocycles. The fourth-order valence-corrected chi connectivity index (χ4v) is 3.64. The number of hydrogen-bond acceptors (Lipinski definition) is 1. The van der Waals surface area contributed by atoms with Gasteiger partial charge in [0.2, 0.25) is 0 Å². The van der Waals surface area contributed by atoms with Crippen molar-refractivity contribution in [1.29, 1.82) is 0 Å². The van der Waals surface area contributed by atoms with E-state index in [4.69, 9.17) is 0 Å². The standard InChI is InChI=1S/C17H24FN/c1-2-5-13-10-17(11-13,12-19-14-8-9-14)15-6-3-4-7-16(15)18/h3-4,6-7,13-14,19H,2,5,8-12H2,1H3. The zero-order valence-electron chi connectivity index (χ0n) is 11.8. The van der Waals surface area contributed by atoms with Crippen LogP contribution in [0.3, 0.4) is 0 Å². The van der Waals surface area contributed by atoms with Crippen LogP contribution in [0.2, 0.25) is 0 Å². The molecule has 0 unspecified atom stereocenters. The van der Waals surface area contributed by atoms with Gasteiger partial charge in [-0.05, 0) is 43.2 Å². The van der Waals surface area contributed by atoms with Crippen LogP contribution in [0.4, 0.5) is 4.39 Å². The van der Waals surface area contributed by atoms with Crippen LogP contribution in [-0.4, -0.2) is 12.6 Å². The van der Waals surface area contributed by atoms with Crippen LogP contribution in [-0.2, 0) is 5.41 Å². The average molecular weight is 261 g/mol. The summed E-state index contributed by atoms with van der Waals surface area (Å²) >= 11 is 0. The molecule has 3 rings (SSSR count). The summed E-state index contributed by atoms with van der Waals surface area (Å²) < 4.78 is 14.1. The molecule has 0 spiro atoms. The van der Waals surface area contributed by atoms with Gasteiger partial charge in [0.05, 0.1) is 0 Å². The molecule has 0 aliphatic heterocycles. The SMILES string of the molecule is CCCC1CC(CNC2CC2)(c2ccccc2F)C1. The van der Waals surface area contributed by atoms with Crippen molar-refractivity contribution in [2.24, 2.45) is 5.92 Å². The summed E-state index contributed by atoms with van der Waals surface area (Å²) in [6.07, 6.45) is 7.44. The van der Waals surface area contributed by atoms with Gasteiger partial charge in [0.15, 0.2) is 0 Å². The Labute approximate surface area is 115 Å². The third kappa shape index (κ3) is 2.69. The second kappa shape index (κ2) is 5.24. The molecule has 19 heavy (non-hydrogen) atoms. The van der Waals surface area contributed by atoms with Crippen LogP contribution < -0.4 is 5.32 Å². The largest absolute Gasteiger partial charge is 0.313 e. The molecule has 1 nitrogen and oxygen atoms in total. The number of rotatable bonds is 6. The van der Waals surface area contributed by atoms with Crippen LogP contribution in [0.15, 0.2) is 24.3 Å². The first-order chi connectivity index (χ1) is 9.23. The van der Waals surface area contributed by atoms with Gasteiger partial charge in [-0.2, -0.15) is 0 Å². The lowest BCUT2D eigenvalue weighted by molar-refractivity contribution is 0.124. The van der Waals surface area contributed by atoms with E-state index in [2.05, 4.69) is 12.2 Å². The third-order valence-electron chi connectivity index (χ3n) is 4.81. The van der Waals surface area contributed by atoms with E-state index in [0.29, 0.717) is 6.04 Å². The Bertz CT molecular complexity index is 433. The first-order valence-corrected chi connectivity index (χ1v) is 7.72. The molecule has 2 fully saturated rings. The Balaban J connectivity index is 1.75. The van der Waals surface area contributed by atoms with Crippen molar-refractivity contribution in [2.45, 2.75) is 56.9 Å². The number of benzene rings is 1. The molecule has 1 aromatic carbocycles. The van der Waals surface area contributed by atoms with Crippen molar-refractivity contribution >= 4 is 0 Å². The summed E-state index contributed by atoms with van der Waals surface area (Å²) in [4.78, 5) is 0. The van der Waals surface area contributed by atoms with E-state index < -0.39 is 0 Å². The van der Waals surface area contributed by atoms with Crippen LogP contribution in [0.1, 0.15) is 51.0 Å². The summed E-state index contributed by atoms with van der Waals surface area (Å²) in [7, 11) is 0. The van der Waals surface area contributed by atoms with E-state index >= 15 is 0 Å². The second-order valence-corrected chi connectivity index (χ2v) is 6.48. The van der Waals surface area contributed by atoms with Gasteiger partial charge in [0, 0.05) is 18.0 Å². The monoisotopic (exact) mass is 261 g/mol. The van der Waals surface area contributed by atoms with Crippen LogP contribution in [0, 0.1) is 11.7 Å². The molecule has 2 aliphatic carbocycles. The molecule has 2 aliphatic rings. The minimum absolute atomic E-state index is 0.0185. The van der Waals surface area contributed by atoms with E-state index in [0.717, 1.165) is 30.9 Å².